The van der Waals surface area contributed by atoms with Crippen LogP contribution in [0.5, 0.6) is 0 Å². The van der Waals surface area contributed by atoms with Crippen LogP contribution in [0.15, 0.2) is 34.9 Å². The molecule has 0 aliphatic rings. The lowest BCUT2D eigenvalue weighted by Crippen LogP contribution is -2.13. The second-order valence-electron chi connectivity index (χ2n) is 10.2. The third kappa shape index (κ3) is 5.07. The summed E-state index contributed by atoms with van der Waals surface area (Å²) < 4.78 is 7.44. The van der Waals surface area contributed by atoms with Crippen molar-refractivity contribution in [3.63, 3.8) is 0 Å². The van der Waals surface area contributed by atoms with Crippen molar-refractivity contribution in [1.82, 2.24) is 19.9 Å². The number of benzene rings is 1. The molecule has 34 heavy (non-hydrogen) atoms. The largest absolute Gasteiger partial charge is 0.332 e. The maximum atomic E-state index is 6.58. The molecule has 0 N–H and O–H groups in total. The molecule has 0 amide bonds. The minimum absolute atomic E-state index is 0.0748. The molecular weight excluding hydrogens is 487 g/mol. The number of hydrogen-bond donors (Lipinski definition) is 0. The average Bonchev–Trinajstić information content (AvgIpc) is 3.44. The van der Waals surface area contributed by atoms with E-state index in [1.54, 1.807) is 23.5 Å². The minimum atomic E-state index is -0.241. The Kier molecular flexibility index (Phi) is 6.41. The van der Waals surface area contributed by atoms with Gasteiger partial charge in [-0.05, 0) is 58.0 Å². The van der Waals surface area contributed by atoms with Crippen LogP contribution in [-0.4, -0.2) is 19.9 Å². The first-order valence-electron chi connectivity index (χ1n) is 10.9. The van der Waals surface area contributed by atoms with Crippen LogP contribution in [0.4, 0.5) is 0 Å². The summed E-state index contributed by atoms with van der Waals surface area (Å²) in [6.07, 6.45) is 0. The molecule has 3 aromatic heterocycles. The summed E-state index contributed by atoms with van der Waals surface area (Å²) in [7, 11) is 0. The maximum Gasteiger partial charge on any atom is 0.278 e. The highest BCUT2D eigenvalue weighted by atomic mass is 35.5. The summed E-state index contributed by atoms with van der Waals surface area (Å²) in [5.74, 6) is 7.58. The zero-order chi connectivity index (χ0) is 24.8. The van der Waals surface area contributed by atoms with Crippen LogP contribution in [0.25, 0.3) is 27.8 Å². The van der Waals surface area contributed by atoms with Crippen molar-refractivity contribution in [1.29, 1.82) is 0 Å². The molecule has 0 aliphatic heterocycles. The van der Waals surface area contributed by atoms with Crippen LogP contribution in [0, 0.1) is 24.2 Å². The highest BCUT2D eigenvalue weighted by Crippen LogP contribution is 2.38. The zero-order valence-corrected chi connectivity index (χ0v) is 22.6. The Morgan fingerprint density at radius 1 is 1.03 bits per heavy atom. The topological polar surface area (TPSA) is 56.7 Å². The van der Waals surface area contributed by atoms with E-state index in [9.17, 15) is 0 Å². The fourth-order valence-electron chi connectivity index (χ4n) is 3.22. The number of hydrogen-bond acceptors (Lipinski definition) is 5. The van der Waals surface area contributed by atoms with E-state index in [0.717, 1.165) is 21.0 Å². The van der Waals surface area contributed by atoms with Crippen LogP contribution >= 0.6 is 34.5 Å². The number of aromatic nitrogens is 4. The molecule has 8 heteroatoms. The third-order valence-corrected chi connectivity index (χ3v) is 6.50. The SMILES string of the molecule is Cc1c(-c2nc(C(C)(C)C)no2)nn(-c2ccc(Cl)cc2Cl)c1-c1ccc(C#CC(C)(C)C)s1. The fraction of sp³-hybridized carbons (Fsp3) is 0.346. The van der Waals surface area contributed by atoms with Crippen molar-refractivity contribution in [2.75, 3.05) is 0 Å². The lowest BCUT2D eigenvalue weighted by molar-refractivity contribution is 0.401. The van der Waals surface area contributed by atoms with Gasteiger partial charge in [-0.2, -0.15) is 10.1 Å². The molecule has 3 heterocycles. The molecule has 0 saturated carbocycles. The Labute approximate surface area is 214 Å². The summed E-state index contributed by atoms with van der Waals surface area (Å²) in [4.78, 5) is 6.62. The number of nitrogens with zero attached hydrogens (tertiary/aromatic N) is 4. The van der Waals surface area contributed by atoms with Gasteiger partial charge in [-0.15, -0.1) is 11.3 Å². The number of thiophene rings is 1. The Morgan fingerprint density at radius 3 is 2.38 bits per heavy atom. The Morgan fingerprint density at radius 2 is 1.76 bits per heavy atom. The van der Waals surface area contributed by atoms with E-state index in [-0.39, 0.29) is 10.8 Å². The van der Waals surface area contributed by atoms with Gasteiger partial charge >= 0.3 is 0 Å². The van der Waals surface area contributed by atoms with Crippen LogP contribution in [-0.2, 0) is 5.41 Å². The van der Waals surface area contributed by atoms with Crippen LogP contribution in [0.2, 0.25) is 10.0 Å². The van der Waals surface area contributed by atoms with E-state index in [1.165, 1.54) is 0 Å². The van der Waals surface area contributed by atoms with Gasteiger partial charge in [0.2, 0.25) is 0 Å². The van der Waals surface area contributed by atoms with Crippen LogP contribution in [0.1, 0.15) is 57.8 Å². The van der Waals surface area contributed by atoms with E-state index in [2.05, 4.69) is 48.8 Å². The van der Waals surface area contributed by atoms with Crippen molar-refractivity contribution >= 4 is 34.5 Å². The molecule has 5 nitrogen and oxygen atoms in total. The molecule has 0 aliphatic carbocycles. The Bertz CT molecular complexity index is 1420. The van der Waals surface area contributed by atoms with Gasteiger partial charge < -0.3 is 4.52 Å². The van der Waals surface area contributed by atoms with E-state index in [4.69, 9.17) is 32.8 Å². The summed E-state index contributed by atoms with van der Waals surface area (Å²) in [6.45, 7) is 14.4. The van der Waals surface area contributed by atoms with Crippen molar-refractivity contribution in [3.05, 3.63) is 56.6 Å². The molecule has 4 rings (SSSR count). The summed E-state index contributed by atoms with van der Waals surface area (Å²) in [5.41, 5.74) is 2.81. The van der Waals surface area contributed by atoms with Crippen molar-refractivity contribution in [2.45, 2.75) is 53.9 Å². The predicted molar refractivity (Wildman–Crippen MR) is 140 cm³/mol. The van der Waals surface area contributed by atoms with Gasteiger partial charge in [0.05, 0.1) is 26.2 Å². The molecule has 0 bridgehead atoms. The quantitative estimate of drug-likeness (QED) is 0.261. The van der Waals surface area contributed by atoms with Gasteiger partial charge in [-0.1, -0.05) is 61.0 Å². The highest BCUT2D eigenvalue weighted by Gasteiger charge is 2.27. The third-order valence-electron chi connectivity index (χ3n) is 4.96. The molecule has 0 unspecified atom stereocenters. The molecule has 0 saturated heterocycles. The second-order valence-corrected chi connectivity index (χ2v) is 12.1. The molecule has 1 aromatic carbocycles. The lowest BCUT2D eigenvalue weighted by atomic mass is 9.96. The first kappa shape index (κ1) is 24.5. The monoisotopic (exact) mass is 512 g/mol. The van der Waals surface area contributed by atoms with Gasteiger partial charge in [0, 0.05) is 21.4 Å². The molecule has 0 fully saturated rings. The molecule has 0 spiro atoms. The van der Waals surface area contributed by atoms with Crippen LogP contribution < -0.4 is 0 Å². The zero-order valence-electron chi connectivity index (χ0n) is 20.2. The second kappa shape index (κ2) is 8.88. The summed E-state index contributed by atoms with van der Waals surface area (Å²) in [6, 6.07) is 9.44. The summed E-state index contributed by atoms with van der Waals surface area (Å²) >= 11 is 14.3. The maximum absolute atomic E-state index is 6.58. The van der Waals surface area contributed by atoms with Gasteiger partial charge in [-0.25, -0.2) is 4.68 Å². The Balaban J connectivity index is 1.90. The molecule has 0 atom stereocenters. The van der Waals surface area contributed by atoms with E-state index >= 15 is 0 Å². The Hall–Kier alpha value is -2.59. The number of rotatable bonds is 3. The smallest absolute Gasteiger partial charge is 0.278 e. The minimum Gasteiger partial charge on any atom is -0.332 e. The molecule has 0 radical (unpaired) electrons. The first-order valence-corrected chi connectivity index (χ1v) is 12.4. The van der Waals surface area contributed by atoms with E-state index in [0.29, 0.717) is 33.1 Å². The van der Waals surface area contributed by atoms with Gasteiger partial charge in [0.15, 0.2) is 11.5 Å². The van der Waals surface area contributed by atoms with Gasteiger partial charge in [0.25, 0.3) is 5.89 Å². The predicted octanol–water partition coefficient (Wildman–Crippen LogP) is 7.96. The standard InChI is InChI=1S/C26H26Cl2N4OS/c1-15-21(23-29-24(31-33-23)26(5,6)7)30-32(19-10-8-16(27)14-18(19)28)22(15)20-11-9-17(34-20)12-13-25(2,3)4/h8-11,14H,1-7H3. The van der Waals surface area contributed by atoms with Crippen molar-refractivity contribution in [2.24, 2.45) is 5.41 Å². The van der Waals surface area contributed by atoms with Crippen molar-refractivity contribution in [3.8, 4) is 39.7 Å². The average molecular weight is 513 g/mol. The van der Waals surface area contributed by atoms with Gasteiger partial charge in [0.1, 0.15) is 0 Å². The summed E-state index contributed by atoms with van der Waals surface area (Å²) in [5, 5.41) is 10.1. The molecule has 176 valence electrons. The fourth-order valence-corrected chi connectivity index (χ4v) is 4.66. The number of halogens is 2. The van der Waals surface area contributed by atoms with Crippen molar-refractivity contribution < 1.29 is 4.52 Å². The highest BCUT2D eigenvalue weighted by molar-refractivity contribution is 7.16. The first-order chi connectivity index (χ1) is 15.8. The molecular formula is C26H26Cl2N4OS. The van der Waals surface area contributed by atoms with E-state index < -0.39 is 0 Å². The van der Waals surface area contributed by atoms with E-state index in [1.807, 2.05) is 44.5 Å². The van der Waals surface area contributed by atoms with Gasteiger partial charge in [-0.3, -0.25) is 0 Å². The lowest BCUT2D eigenvalue weighted by Gasteiger charge is -2.10. The normalized spacial score (nSPS) is 12.0. The molecule has 4 aromatic rings. The van der Waals surface area contributed by atoms with Crippen LogP contribution in [0.3, 0.4) is 0 Å².